The molecule has 7 fully saturated rings. The van der Waals surface area contributed by atoms with Gasteiger partial charge in [0.25, 0.3) is 0 Å². The van der Waals surface area contributed by atoms with Gasteiger partial charge < -0.3 is 70.0 Å². The molecule has 10 N–H and O–H groups in total. The van der Waals surface area contributed by atoms with E-state index in [2.05, 4.69) is 20.8 Å². The third kappa shape index (κ3) is 6.66. The fourth-order valence-electron chi connectivity index (χ4n) is 13.0. The third-order valence-electron chi connectivity index (χ3n) is 16.3. The van der Waals surface area contributed by atoms with E-state index in [4.69, 9.17) is 18.9 Å². The maximum atomic E-state index is 12.0. The first kappa shape index (κ1) is 40.6. The smallest absolute Gasteiger partial charge is 0.186 e. The van der Waals surface area contributed by atoms with E-state index in [0.717, 1.165) is 51.4 Å². The zero-order valence-corrected chi connectivity index (χ0v) is 31.6. The summed E-state index contributed by atoms with van der Waals surface area (Å²) in [6.45, 7) is 7.70. The van der Waals surface area contributed by atoms with Crippen LogP contribution in [0.3, 0.4) is 0 Å². The molecule has 0 aromatic rings. The van der Waals surface area contributed by atoms with Crippen LogP contribution in [0.25, 0.3) is 0 Å². The highest BCUT2D eigenvalue weighted by atomic mass is 16.7. The Morgan fingerprint density at radius 2 is 1.40 bits per heavy atom. The summed E-state index contributed by atoms with van der Waals surface area (Å²) in [5, 5.41) is 104. The molecule has 306 valence electrons. The molecule has 0 aromatic carbocycles. The number of ether oxygens (including phenoxy) is 4. The van der Waals surface area contributed by atoms with Gasteiger partial charge in [0.15, 0.2) is 12.1 Å². The van der Waals surface area contributed by atoms with Crippen molar-refractivity contribution in [3.05, 3.63) is 0 Å². The topological polar surface area (TPSA) is 239 Å². The highest BCUT2D eigenvalue weighted by Gasteiger charge is 2.68. The van der Waals surface area contributed by atoms with Gasteiger partial charge >= 0.3 is 0 Å². The van der Waals surface area contributed by atoms with Gasteiger partial charge in [-0.15, -0.1) is 0 Å². The van der Waals surface area contributed by atoms with E-state index in [1.54, 1.807) is 6.92 Å². The predicted molar refractivity (Wildman–Crippen MR) is 186 cm³/mol. The molecule has 3 heterocycles. The number of rotatable bonds is 9. The lowest BCUT2D eigenvalue weighted by atomic mass is 9.44. The molecule has 14 nitrogen and oxygen atoms in total. The summed E-state index contributed by atoms with van der Waals surface area (Å²) < 4.78 is 24.1. The van der Waals surface area contributed by atoms with Crippen LogP contribution in [-0.2, 0) is 18.9 Å². The minimum absolute atomic E-state index is 0.0177. The molecule has 0 radical (unpaired) electrons. The molecule has 4 aliphatic carbocycles. The van der Waals surface area contributed by atoms with Gasteiger partial charge in [0.05, 0.1) is 31.5 Å². The first-order valence-electron chi connectivity index (χ1n) is 20.3. The average molecular weight is 759 g/mol. The second-order valence-electron chi connectivity index (χ2n) is 18.8. The van der Waals surface area contributed by atoms with Crippen LogP contribution < -0.4 is 0 Å². The number of fused-ring (bicyclic) bond motifs is 7. The van der Waals surface area contributed by atoms with Gasteiger partial charge in [-0.05, 0) is 104 Å². The molecule has 0 amide bonds. The molecule has 14 heteroatoms. The average Bonchev–Trinajstić information content (AvgIpc) is 3.57. The molecule has 7 aliphatic rings. The molecular formula is C39H66O14. The van der Waals surface area contributed by atoms with E-state index in [1.165, 1.54) is 0 Å². The van der Waals surface area contributed by atoms with Crippen molar-refractivity contribution in [3.8, 4) is 0 Å². The Balaban J connectivity index is 0.961. The second-order valence-corrected chi connectivity index (χ2v) is 18.8. The molecule has 23 atom stereocenters. The lowest BCUT2D eigenvalue weighted by molar-refractivity contribution is -0.316. The Bertz CT molecular complexity index is 1270. The highest BCUT2D eigenvalue weighted by Crippen LogP contribution is 2.71. The van der Waals surface area contributed by atoms with Crippen molar-refractivity contribution in [2.45, 2.75) is 177 Å². The Morgan fingerprint density at radius 3 is 2.08 bits per heavy atom. The zero-order chi connectivity index (χ0) is 38.4. The standard InChI is InChI=1S/C39H66O14/c1-17(28(42)35-33(47)31(45)29(43)25(15-40)51-35)7-12-39(49)18(2)27-24(53-39)14-23-21-6-5-19-13-20(8-10-37(19,3)22(21)9-11-38(23,27)4)50-36-34(48)32(46)30(44)26(16-41)52-36/h17-36,40-49H,5-16H2,1-4H3/t17-,18-,19+,20-,21+,22-,23-,24-,25+,26+,27-,28?,29-,30-,31-,32-,33+,34+,35-,36+,37-,38-,39+/m0/s1. The molecule has 53 heavy (non-hydrogen) atoms. The number of aliphatic hydroxyl groups is 10. The molecule has 3 saturated heterocycles. The summed E-state index contributed by atoms with van der Waals surface area (Å²) in [5.74, 6) is 0.298. The van der Waals surface area contributed by atoms with Crippen LogP contribution in [0, 0.1) is 52.3 Å². The van der Waals surface area contributed by atoms with Crippen molar-refractivity contribution in [2.24, 2.45) is 52.3 Å². The van der Waals surface area contributed by atoms with Crippen LogP contribution in [0.4, 0.5) is 0 Å². The van der Waals surface area contributed by atoms with Gasteiger partial charge in [0, 0.05) is 12.3 Å². The maximum absolute atomic E-state index is 12.0. The van der Waals surface area contributed by atoms with E-state index >= 15 is 0 Å². The lowest BCUT2D eigenvalue weighted by Gasteiger charge is -2.61. The van der Waals surface area contributed by atoms with Gasteiger partial charge in [0.2, 0.25) is 0 Å². The highest BCUT2D eigenvalue weighted by molar-refractivity contribution is 5.15. The molecular weight excluding hydrogens is 692 g/mol. The predicted octanol–water partition coefficient (Wildman–Crippen LogP) is -0.217. The molecule has 3 aliphatic heterocycles. The summed E-state index contributed by atoms with van der Waals surface area (Å²) in [6.07, 6.45) is -6.15. The number of hydrogen-bond donors (Lipinski definition) is 10. The molecule has 0 spiro atoms. The van der Waals surface area contributed by atoms with Crippen LogP contribution in [0.15, 0.2) is 0 Å². The summed E-state index contributed by atoms with van der Waals surface area (Å²) in [5.41, 5.74) is 0.159. The van der Waals surface area contributed by atoms with Crippen molar-refractivity contribution < 1.29 is 70.0 Å². The van der Waals surface area contributed by atoms with Crippen molar-refractivity contribution in [2.75, 3.05) is 13.2 Å². The van der Waals surface area contributed by atoms with Crippen molar-refractivity contribution >= 4 is 0 Å². The van der Waals surface area contributed by atoms with Gasteiger partial charge in [-0.25, -0.2) is 0 Å². The van der Waals surface area contributed by atoms with E-state index in [-0.39, 0.29) is 41.3 Å². The monoisotopic (exact) mass is 758 g/mol. The normalized spacial score (nSPS) is 56.5. The number of hydrogen-bond acceptors (Lipinski definition) is 14. The van der Waals surface area contributed by atoms with Crippen LogP contribution in [0.2, 0.25) is 0 Å². The van der Waals surface area contributed by atoms with Gasteiger partial charge in [-0.3, -0.25) is 0 Å². The quantitative estimate of drug-likeness (QED) is 0.137. The summed E-state index contributed by atoms with van der Waals surface area (Å²) >= 11 is 0. The van der Waals surface area contributed by atoms with E-state index in [0.29, 0.717) is 30.1 Å². The van der Waals surface area contributed by atoms with Crippen LogP contribution in [0.5, 0.6) is 0 Å². The Hall–Kier alpha value is -0.560. The molecule has 4 saturated carbocycles. The SMILES string of the molecule is C[C@@H](CC[C@@]1(O)O[C@H]2C[C@H]3[C@@H]4CC[C@@H]5C[C@@H](O[C@@H]6O[C@H](CO)[C@H](O)[C@H](O)[C@H]6O)CC[C@]5(C)[C@H]4CC[C@]3(C)[C@H]2[C@@H]1C)C(O)[C@@H]1O[C@H](CO)[C@H](O)[C@H](O)[C@H]1O. The van der Waals surface area contributed by atoms with E-state index in [1.807, 2.05) is 0 Å². The fourth-order valence-corrected chi connectivity index (χ4v) is 13.0. The summed E-state index contributed by atoms with van der Waals surface area (Å²) in [6, 6.07) is 0. The largest absolute Gasteiger partial charge is 0.394 e. The van der Waals surface area contributed by atoms with Crippen molar-refractivity contribution in [1.82, 2.24) is 0 Å². The molecule has 1 unspecified atom stereocenters. The Kier molecular flexibility index (Phi) is 11.5. The van der Waals surface area contributed by atoms with Crippen LogP contribution >= 0.6 is 0 Å². The second kappa shape index (κ2) is 15.0. The first-order chi connectivity index (χ1) is 25.0. The molecule has 7 rings (SSSR count). The van der Waals surface area contributed by atoms with Crippen molar-refractivity contribution in [1.29, 1.82) is 0 Å². The fraction of sp³-hybridized carbons (Fsp3) is 1.00. The van der Waals surface area contributed by atoms with Gasteiger partial charge in [-0.1, -0.05) is 27.7 Å². The third-order valence-corrected chi connectivity index (χ3v) is 16.3. The number of aliphatic hydroxyl groups excluding tert-OH is 9. The van der Waals surface area contributed by atoms with Crippen molar-refractivity contribution in [3.63, 3.8) is 0 Å². The van der Waals surface area contributed by atoms with Gasteiger partial charge in [-0.2, -0.15) is 0 Å². The molecule has 0 bridgehead atoms. The Labute approximate surface area is 312 Å². The summed E-state index contributed by atoms with van der Waals surface area (Å²) in [4.78, 5) is 0. The first-order valence-corrected chi connectivity index (χ1v) is 20.3. The maximum Gasteiger partial charge on any atom is 0.186 e. The van der Waals surface area contributed by atoms with Gasteiger partial charge in [0.1, 0.15) is 54.9 Å². The van der Waals surface area contributed by atoms with Crippen LogP contribution in [-0.4, -0.2) is 150 Å². The molecule has 0 aromatic heterocycles. The summed E-state index contributed by atoms with van der Waals surface area (Å²) in [7, 11) is 0. The zero-order valence-electron chi connectivity index (χ0n) is 31.6. The van der Waals surface area contributed by atoms with E-state index < -0.39 is 92.2 Å². The van der Waals surface area contributed by atoms with Crippen LogP contribution in [0.1, 0.15) is 91.9 Å². The minimum atomic E-state index is -1.56. The van der Waals surface area contributed by atoms with E-state index in [9.17, 15) is 51.1 Å². The minimum Gasteiger partial charge on any atom is -0.394 e. The lowest BCUT2D eigenvalue weighted by Crippen LogP contribution is -2.62. The Morgan fingerprint density at radius 1 is 0.755 bits per heavy atom.